The average Bonchev–Trinajstić information content (AvgIpc) is 2.85. The van der Waals surface area contributed by atoms with Crippen molar-refractivity contribution in [2.75, 3.05) is 13.2 Å². The number of hydrogen-bond donors (Lipinski definition) is 4. The van der Waals surface area contributed by atoms with Crippen LogP contribution in [0.5, 0.6) is 0 Å². The normalized spacial score (nSPS) is 25.3. The molecular formula is C29H58O6. The van der Waals surface area contributed by atoms with E-state index in [1.807, 2.05) is 0 Å². The molecule has 0 saturated carbocycles. The van der Waals surface area contributed by atoms with Crippen LogP contribution < -0.4 is 0 Å². The third-order valence-corrected chi connectivity index (χ3v) is 7.71. The standard InChI is InChI=1S/C29H58O6/c1-4-6-8-10-12-14-16-18-20-29(3,21-19-17-15-13-11-9-7-5-2)23-34-28-27(33)26(32)25(31)24(22-30)35-28/h24-28,30-33H,4-23H2,1-3H3/t24-,25-,26+,27+,28-/m0/s1. The fourth-order valence-electron chi connectivity index (χ4n) is 5.13. The molecule has 4 N–H and O–H groups in total. The molecule has 0 aliphatic carbocycles. The van der Waals surface area contributed by atoms with Crippen molar-refractivity contribution in [1.29, 1.82) is 0 Å². The van der Waals surface area contributed by atoms with Gasteiger partial charge in [0, 0.05) is 0 Å². The highest BCUT2D eigenvalue weighted by Crippen LogP contribution is 2.34. The largest absolute Gasteiger partial charge is 0.394 e. The highest BCUT2D eigenvalue weighted by molar-refractivity contribution is 4.89. The minimum Gasteiger partial charge on any atom is -0.394 e. The van der Waals surface area contributed by atoms with Crippen molar-refractivity contribution < 1.29 is 29.9 Å². The molecule has 1 heterocycles. The molecule has 6 nitrogen and oxygen atoms in total. The fourth-order valence-corrected chi connectivity index (χ4v) is 5.13. The minimum atomic E-state index is -1.39. The summed E-state index contributed by atoms with van der Waals surface area (Å²) in [6, 6.07) is 0. The maximum absolute atomic E-state index is 10.3. The van der Waals surface area contributed by atoms with Crippen molar-refractivity contribution in [2.24, 2.45) is 5.41 Å². The molecule has 210 valence electrons. The number of hydrogen-bond acceptors (Lipinski definition) is 6. The second-order valence-electron chi connectivity index (χ2n) is 11.3. The number of rotatable bonds is 22. The van der Waals surface area contributed by atoms with Gasteiger partial charge >= 0.3 is 0 Å². The van der Waals surface area contributed by atoms with Gasteiger partial charge in [-0.2, -0.15) is 0 Å². The smallest absolute Gasteiger partial charge is 0.186 e. The predicted octanol–water partition coefficient (Wildman–Crippen LogP) is 5.87. The van der Waals surface area contributed by atoms with E-state index in [9.17, 15) is 20.4 Å². The molecular weight excluding hydrogens is 444 g/mol. The summed E-state index contributed by atoms with van der Waals surface area (Å²) in [6.07, 6.45) is 16.7. The lowest BCUT2D eigenvalue weighted by molar-refractivity contribution is -0.306. The van der Waals surface area contributed by atoms with Gasteiger partial charge in [0.1, 0.15) is 24.4 Å². The van der Waals surface area contributed by atoms with E-state index in [4.69, 9.17) is 9.47 Å². The van der Waals surface area contributed by atoms with Gasteiger partial charge in [-0.1, -0.05) is 124 Å². The Hall–Kier alpha value is -0.240. The molecule has 0 aromatic carbocycles. The van der Waals surface area contributed by atoms with Crippen LogP contribution in [0.2, 0.25) is 0 Å². The van der Waals surface area contributed by atoms with Crippen LogP contribution in [0.15, 0.2) is 0 Å². The highest BCUT2D eigenvalue weighted by atomic mass is 16.7. The van der Waals surface area contributed by atoms with E-state index in [2.05, 4.69) is 20.8 Å². The van der Waals surface area contributed by atoms with Gasteiger partial charge in [0.2, 0.25) is 0 Å². The van der Waals surface area contributed by atoms with Crippen molar-refractivity contribution in [3.8, 4) is 0 Å². The van der Waals surface area contributed by atoms with Crippen LogP contribution >= 0.6 is 0 Å². The molecule has 1 aliphatic heterocycles. The molecule has 1 fully saturated rings. The Morgan fingerprint density at radius 3 is 1.49 bits per heavy atom. The van der Waals surface area contributed by atoms with Crippen LogP contribution in [0.25, 0.3) is 0 Å². The zero-order valence-electron chi connectivity index (χ0n) is 23.1. The number of unbranched alkanes of at least 4 members (excludes halogenated alkanes) is 14. The van der Waals surface area contributed by atoms with Gasteiger partial charge in [-0.05, 0) is 18.3 Å². The fraction of sp³-hybridized carbons (Fsp3) is 1.00. The lowest BCUT2D eigenvalue weighted by Crippen LogP contribution is -2.59. The van der Waals surface area contributed by atoms with Crippen molar-refractivity contribution in [3.63, 3.8) is 0 Å². The third-order valence-electron chi connectivity index (χ3n) is 7.71. The minimum absolute atomic E-state index is 0.0246. The second-order valence-corrected chi connectivity index (χ2v) is 11.3. The summed E-state index contributed by atoms with van der Waals surface area (Å²) < 4.78 is 11.6. The molecule has 1 saturated heterocycles. The predicted molar refractivity (Wildman–Crippen MR) is 142 cm³/mol. The van der Waals surface area contributed by atoms with Crippen LogP contribution in [0.3, 0.4) is 0 Å². The van der Waals surface area contributed by atoms with Crippen LogP contribution in [-0.4, -0.2) is 64.3 Å². The zero-order valence-corrected chi connectivity index (χ0v) is 23.1. The molecule has 0 radical (unpaired) electrons. The van der Waals surface area contributed by atoms with Crippen LogP contribution in [0.1, 0.15) is 136 Å². The molecule has 1 aliphatic rings. The Kier molecular flexibility index (Phi) is 18.6. The number of aliphatic hydroxyl groups excluding tert-OH is 4. The third kappa shape index (κ3) is 13.8. The van der Waals surface area contributed by atoms with Crippen molar-refractivity contribution in [2.45, 2.75) is 167 Å². The molecule has 0 aromatic rings. The molecule has 6 heteroatoms. The van der Waals surface area contributed by atoms with E-state index in [1.54, 1.807) is 0 Å². The van der Waals surface area contributed by atoms with Gasteiger partial charge < -0.3 is 29.9 Å². The SMILES string of the molecule is CCCCCCCCCCC(C)(CCCCCCCCCC)CO[C@H]1O[C@@H](CO)[C@H](O)[C@@H](O)[C@H]1O. The Balaban J connectivity index is 2.50. The van der Waals surface area contributed by atoms with Crippen molar-refractivity contribution in [3.05, 3.63) is 0 Å². The van der Waals surface area contributed by atoms with Gasteiger partial charge in [-0.15, -0.1) is 0 Å². The molecule has 1 rings (SSSR count). The van der Waals surface area contributed by atoms with E-state index in [0.717, 1.165) is 12.8 Å². The summed E-state index contributed by atoms with van der Waals surface area (Å²) in [5.74, 6) is 0. The summed E-state index contributed by atoms with van der Waals surface area (Å²) >= 11 is 0. The number of ether oxygens (including phenoxy) is 2. The van der Waals surface area contributed by atoms with Gasteiger partial charge in [-0.3, -0.25) is 0 Å². The summed E-state index contributed by atoms with van der Waals surface area (Å²) in [5, 5.41) is 39.9. The molecule has 0 aromatic heterocycles. The van der Waals surface area contributed by atoms with Gasteiger partial charge in [0.15, 0.2) is 6.29 Å². The maximum atomic E-state index is 10.3. The molecule has 0 unspecified atom stereocenters. The molecule has 0 bridgehead atoms. The quantitative estimate of drug-likeness (QED) is 0.138. The first kappa shape index (κ1) is 32.8. The van der Waals surface area contributed by atoms with Gasteiger partial charge in [0.05, 0.1) is 13.2 Å². The molecule has 5 atom stereocenters. The lowest BCUT2D eigenvalue weighted by atomic mass is 9.80. The van der Waals surface area contributed by atoms with E-state index in [0.29, 0.717) is 6.61 Å². The first-order valence-corrected chi connectivity index (χ1v) is 14.8. The topological polar surface area (TPSA) is 99.4 Å². The summed E-state index contributed by atoms with van der Waals surface area (Å²) in [4.78, 5) is 0. The van der Waals surface area contributed by atoms with Gasteiger partial charge in [0.25, 0.3) is 0 Å². The van der Waals surface area contributed by atoms with Crippen LogP contribution in [-0.2, 0) is 9.47 Å². The summed E-state index contributed by atoms with van der Waals surface area (Å²) in [5.41, 5.74) is -0.0246. The second kappa shape index (κ2) is 19.8. The summed E-state index contributed by atoms with van der Waals surface area (Å²) in [6.45, 7) is 6.76. The van der Waals surface area contributed by atoms with Crippen molar-refractivity contribution in [1.82, 2.24) is 0 Å². The van der Waals surface area contributed by atoms with E-state index in [1.165, 1.54) is 103 Å². The van der Waals surface area contributed by atoms with E-state index < -0.39 is 37.3 Å². The van der Waals surface area contributed by atoms with Crippen LogP contribution in [0, 0.1) is 5.41 Å². The highest BCUT2D eigenvalue weighted by Gasteiger charge is 2.44. The number of aliphatic hydroxyl groups is 4. The van der Waals surface area contributed by atoms with Gasteiger partial charge in [-0.25, -0.2) is 0 Å². The molecule has 35 heavy (non-hydrogen) atoms. The Labute approximate surface area is 215 Å². The first-order valence-electron chi connectivity index (χ1n) is 14.8. The van der Waals surface area contributed by atoms with E-state index in [-0.39, 0.29) is 5.41 Å². The Morgan fingerprint density at radius 2 is 1.06 bits per heavy atom. The summed E-state index contributed by atoms with van der Waals surface area (Å²) in [7, 11) is 0. The zero-order chi connectivity index (χ0) is 25.9. The lowest BCUT2D eigenvalue weighted by Gasteiger charge is -2.41. The monoisotopic (exact) mass is 502 g/mol. The van der Waals surface area contributed by atoms with Crippen molar-refractivity contribution >= 4 is 0 Å². The van der Waals surface area contributed by atoms with E-state index >= 15 is 0 Å². The maximum Gasteiger partial charge on any atom is 0.186 e. The Morgan fingerprint density at radius 1 is 0.629 bits per heavy atom. The Bertz CT molecular complexity index is 466. The van der Waals surface area contributed by atoms with Crippen LogP contribution in [0.4, 0.5) is 0 Å². The first-order chi connectivity index (χ1) is 16.9. The molecule has 0 amide bonds. The average molecular weight is 503 g/mol. The molecule has 0 spiro atoms.